The highest BCUT2D eigenvalue weighted by Crippen LogP contribution is 2.48. The van der Waals surface area contributed by atoms with Crippen LogP contribution in [-0.2, 0) is 9.59 Å². The number of hydrogen-bond acceptors (Lipinski definition) is 3. The van der Waals surface area contributed by atoms with Crippen LogP contribution >= 0.6 is 0 Å². The summed E-state index contributed by atoms with van der Waals surface area (Å²) in [6.45, 7) is 0.236. The predicted octanol–water partition coefficient (Wildman–Crippen LogP) is 0.374. The largest absolute Gasteiger partial charge is 0.479 e. The number of carboxylic acid groups (broad SMARTS) is 1. The first-order valence-electron chi connectivity index (χ1n) is 6.26. The van der Waals surface area contributed by atoms with E-state index in [0.29, 0.717) is 5.92 Å². The van der Waals surface area contributed by atoms with E-state index in [9.17, 15) is 9.59 Å². The molecule has 5 nitrogen and oxygen atoms in total. The maximum atomic E-state index is 11.8. The third-order valence-electron chi connectivity index (χ3n) is 4.08. The molecule has 2 saturated carbocycles. The molecule has 0 spiro atoms. The van der Waals surface area contributed by atoms with Gasteiger partial charge in [-0.1, -0.05) is 6.42 Å². The second-order valence-corrected chi connectivity index (χ2v) is 5.22. The zero-order valence-corrected chi connectivity index (χ0v) is 9.76. The summed E-state index contributed by atoms with van der Waals surface area (Å²) in [5.41, 5.74) is 0. The van der Waals surface area contributed by atoms with E-state index in [1.54, 1.807) is 0 Å². The third-order valence-corrected chi connectivity index (χ3v) is 4.08. The summed E-state index contributed by atoms with van der Waals surface area (Å²) in [7, 11) is 0. The quantitative estimate of drug-likeness (QED) is 0.649. The number of carbonyl (C=O) groups is 2. The molecule has 2 rings (SSSR count). The molecule has 0 aromatic heterocycles. The highest BCUT2D eigenvalue weighted by Gasteiger charge is 2.42. The van der Waals surface area contributed by atoms with Gasteiger partial charge in [-0.3, -0.25) is 4.79 Å². The van der Waals surface area contributed by atoms with Gasteiger partial charge in [-0.15, -0.1) is 0 Å². The number of aliphatic hydroxyl groups is 1. The lowest BCUT2D eigenvalue weighted by molar-refractivity contribution is -0.147. The smallest absolute Gasteiger partial charge is 0.332 e. The molecule has 0 aromatic rings. The molecule has 17 heavy (non-hydrogen) atoms. The second kappa shape index (κ2) is 5.04. The highest BCUT2D eigenvalue weighted by atomic mass is 16.4. The lowest BCUT2D eigenvalue weighted by atomic mass is 9.88. The number of rotatable bonds is 5. The Morgan fingerprint density at radius 3 is 2.59 bits per heavy atom. The first kappa shape index (κ1) is 12.4. The van der Waals surface area contributed by atoms with E-state index in [4.69, 9.17) is 10.2 Å². The van der Waals surface area contributed by atoms with Crippen LogP contribution in [0.25, 0.3) is 0 Å². The summed E-state index contributed by atoms with van der Waals surface area (Å²) in [6.07, 6.45) is 3.26. The molecule has 3 N–H and O–H groups in total. The van der Waals surface area contributed by atoms with E-state index in [-0.39, 0.29) is 24.8 Å². The molecule has 1 amide bonds. The standard InChI is InChI=1S/C12H19NO4/c14-10(12(16)17)3-4-13-11(15)9-6-7-1-2-8(9)5-7/h7-10,14H,1-6H2,(H,13,15)(H,16,17)/t7?,8?,9?,10-/m0/s1. The fourth-order valence-corrected chi connectivity index (χ4v) is 3.15. The number of amides is 1. The van der Waals surface area contributed by atoms with Crippen LogP contribution < -0.4 is 5.32 Å². The first-order chi connectivity index (χ1) is 8.08. The molecule has 4 atom stereocenters. The lowest BCUT2D eigenvalue weighted by Gasteiger charge is -2.20. The molecule has 0 aromatic carbocycles. The van der Waals surface area contributed by atoms with Gasteiger partial charge in [-0.05, 0) is 31.1 Å². The average Bonchev–Trinajstić information content (AvgIpc) is 2.90. The Labute approximate surface area is 100 Å². The van der Waals surface area contributed by atoms with Crippen molar-refractivity contribution < 1.29 is 19.8 Å². The molecule has 0 radical (unpaired) electrons. The van der Waals surface area contributed by atoms with Gasteiger partial charge in [0.25, 0.3) is 0 Å². The van der Waals surface area contributed by atoms with Crippen molar-refractivity contribution in [3.8, 4) is 0 Å². The number of carboxylic acids is 1. The van der Waals surface area contributed by atoms with Crippen molar-refractivity contribution in [2.45, 2.75) is 38.2 Å². The second-order valence-electron chi connectivity index (χ2n) is 5.22. The number of aliphatic hydroxyl groups excluding tert-OH is 1. The molecule has 0 aliphatic heterocycles. The maximum absolute atomic E-state index is 11.8. The van der Waals surface area contributed by atoms with Gasteiger partial charge >= 0.3 is 5.97 Å². The predicted molar refractivity (Wildman–Crippen MR) is 60.2 cm³/mol. The van der Waals surface area contributed by atoms with Crippen LogP contribution in [0.3, 0.4) is 0 Å². The molecule has 2 bridgehead atoms. The van der Waals surface area contributed by atoms with Gasteiger partial charge in [0.15, 0.2) is 6.10 Å². The Morgan fingerprint density at radius 1 is 1.29 bits per heavy atom. The Bertz CT molecular complexity index is 318. The number of nitrogens with one attached hydrogen (secondary N) is 1. The van der Waals surface area contributed by atoms with Crippen molar-refractivity contribution in [1.29, 1.82) is 0 Å². The SMILES string of the molecule is O=C(NCC[C@H](O)C(=O)O)C1CC2CCC1C2. The van der Waals surface area contributed by atoms with Crippen molar-refractivity contribution in [3.63, 3.8) is 0 Å². The van der Waals surface area contributed by atoms with Gasteiger partial charge in [0.2, 0.25) is 5.91 Å². The van der Waals surface area contributed by atoms with Crippen LogP contribution in [-0.4, -0.2) is 34.7 Å². The van der Waals surface area contributed by atoms with Crippen molar-refractivity contribution in [2.75, 3.05) is 6.54 Å². The Hall–Kier alpha value is -1.10. The summed E-state index contributed by atoms with van der Waals surface area (Å²) in [5.74, 6) is 0.175. The zero-order chi connectivity index (χ0) is 12.4. The minimum absolute atomic E-state index is 0.0368. The topological polar surface area (TPSA) is 86.6 Å². The number of hydrogen-bond donors (Lipinski definition) is 3. The van der Waals surface area contributed by atoms with Gasteiger partial charge in [-0.2, -0.15) is 0 Å². The van der Waals surface area contributed by atoms with Gasteiger partial charge in [0, 0.05) is 18.9 Å². The third kappa shape index (κ3) is 2.77. The fraction of sp³-hybridized carbons (Fsp3) is 0.833. The van der Waals surface area contributed by atoms with Gasteiger partial charge in [0.05, 0.1) is 0 Å². The number of aliphatic carboxylic acids is 1. The van der Waals surface area contributed by atoms with Crippen molar-refractivity contribution >= 4 is 11.9 Å². The molecule has 3 unspecified atom stereocenters. The Balaban J connectivity index is 1.69. The van der Waals surface area contributed by atoms with Crippen molar-refractivity contribution in [1.82, 2.24) is 5.32 Å². The highest BCUT2D eigenvalue weighted by molar-refractivity contribution is 5.79. The molecule has 5 heteroatoms. The average molecular weight is 241 g/mol. The summed E-state index contributed by atoms with van der Waals surface area (Å²) in [6, 6.07) is 0. The van der Waals surface area contributed by atoms with Crippen molar-refractivity contribution in [2.24, 2.45) is 17.8 Å². The van der Waals surface area contributed by atoms with E-state index >= 15 is 0 Å². The summed E-state index contributed by atoms with van der Waals surface area (Å²) in [5, 5.41) is 20.3. The van der Waals surface area contributed by atoms with E-state index in [1.807, 2.05) is 0 Å². The Morgan fingerprint density at radius 2 is 2.06 bits per heavy atom. The minimum atomic E-state index is -1.38. The molecule has 2 aliphatic rings. The van der Waals surface area contributed by atoms with Crippen LogP contribution in [0.1, 0.15) is 32.1 Å². The monoisotopic (exact) mass is 241 g/mol. The minimum Gasteiger partial charge on any atom is -0.479 e. The molecular weight excluding hydrogens is 222 g/mol. The molecule has 0 heterocycles. The van der Waals surface area contributed by atoms with Gasteiger partial charge < -0.3 is 15.5 Å². The molecule has 96 valence electrons. The van der Waals surface area contributed by atoms with Gasteiger partial charge in [-0.25, -0.2) is 4.79 Å². The Kier molecular flexibility index (Phi) is 3.66. The van der Waals surface area contributed by atoms with Crippen LogP contribution in [0.4, 0.5) is 0 Å². The molecular formula is C12H19NO4. The maximum Gasteiger partial charge on any atom is 0.332 e. The number of fused-ring (bicyclic) bond motifs is 2. The zero-order valence-electron chi connectivity index (χ0n) is 9.76. The van der Waals surface area contributed by atoms with Crippen molar-refractivity contribution in [3.05, 3.63) is 0 Å². The number of carbonyl (C=O) groups excluding carboxylic acids is 1. The summed E-state index contributed by atoms with van der Waals surface area (Å²) in [4.78, 5) is 22.2. The van der Waals surface area contributed by atoms with Crippen LogP contribution in [0.5, 0.6) is 0 Å². The summed E-state index contributed by atoms with van der Waals surface area (Å²) < 4.78 is 0. The lowest BCUT2D eigenvalue weighted by Crippen LogP contribution is -2.36. The molecule has 2 fully saturated rings. The first-order valence-corrected chi connectivity index (χ1v) is 6.26. The van der Waals surface area contributed by atoms with E-state index in [0.717, 1.165) is 18.8 Å². The van der Waals surface area contributed by atoms with Crippen LogP contribution in [0.15, 0.2) is 0 Å². The fourth-order valence-electron chi connectivity index (χ4n) is 3.15. The summed E-state index contributed by atoms with van der Waals surface area (Å²) >= 11 is 0. The van der Waals surface area contributed by atoms with E-state index in [1.165, 1.54) is 12.8 Å². The molecule has 0 saturated heterocycles. The normalized spacial score (nSPS) is 32.4. The van der Waals surface area contributed by atoms with Crippen LogP contribution in [0, 0.1) is 17.8 Å². The molecule has 2 aliphatic carbocycles. The van der Waals surface area contributed by atoms with E-state index < -0.39 is 12.1 Å². The van der Waals surface area contributed by atoms with Crippen LogP contribution in [0.2, 0.25) is 0 Å². The van der Waals surface area contributed by atoms with Gasteiger partial charge in [0.1, 0.15) is 0 Å². The van der Waals surface area contributed by atoms with E-state index in [2.05, 4.69) is 5.32 Å².